The standard InChI is InChI=1S/C6H9BrN2/c1-6-4-8-9(5-6)3-2-7/h4-5H,2-3H2,1H3. The van der Waals surface area contributed by atoms with Crippen molar-refractivity contribution in [3.8, 4) is 0 Å². The fourth-order valence-electron chi connectivity index (χ4n) is 0.676. The number of rotatable bonds is 2. The highest BCUT2D eigenvalue weighted by atomic mass is 79.9. The number of halogens is 1. The van der Waals surface area contributed by atoms with Crippen LogP contribution in [0.15, 0.2) is 12.4 Å². The largest absolute Gasteiger partial charge is 0.272 e. The third kappa shape index (κ3) is 1.82. The van der Waals surface area contributed by atoms with Crippen molar-refractivity contribution in [2.75, 3.05) is 5.33 Å². The van der Waals surface area contributed by atoms with Crippen LogP contribution in [0.1, 0.15) is 5.56 Å². The van der Waals surface area contributed by atoms with Gasteiger partial charge in [-0.15, -0.1) is 0 Å². The summed E-state index contributed by atoms with van der Waals surface area (Å²) in [6.07, 6.45) is 3.89. The van der Waals surface area contributed by atoms with Crippen molar-refractivity contribution in [1.29, 1.82) is 0 Å². The molecule has 2 nitrogen and oxygen atoms in total. The fraction of sp³-hybridized carbons (Fsp3) is 0.500. The van der Waals surface area contributed by atoms with Crippen LogP contribution < -0.4 is 0 Å². The Morgan fingerprint density at radius 2 is 2.56 bits per heavy atom. The Hall–Kier alpha value is -0.310. The monoisotopic (exact) mass is 188 g/mol. The third-order valence-corrected chi connectivity index (χ3v) is 1.43. The summed E-state index contributed by atoms with van der Waals surface area (Å²) in [5.41, 5.74) is 1.22. The lowest BCUT2D eigenvalue weighted by Gasteiger charge is -1.92. The molecule has 0 fully saturated rings. The number of alkyl halides is 1. The zero-order chi connectivity index (χ0) is 6.69. The molecule has 0 amide bonds. The van der Waals surface area contributed by atoms with Gasteiger partial charge in [0.15, 0.2) is 0 Å². The number of aryl methyl sites for hydroxylation is 2. The molecule has 0 bridgehead atoms. The van der Waals surface area contributed by atoms with Crippen LogP contribution in [0, 0.1) is 6.92 Å². The molecule has 0 N–H and O–H groups in total. The molecule has 1 aromatic rings. The highest BCUT2D eigenvalue weighted by molar-refractivity contribution is 9.09. The Morgan fingerprint density at radius 3 is 3.00 bits per heavy atom. The van der Waals surface area contributed by atoms with E-state index < -0.39 is 0 Å². The smallest absolute Gasteiger partial charge is 0.0518 e. The Balaban J connectivity index is 2.61. The van der Waals surface area contributed by atoms with E-state index in [1.165, 1.54) is 5.56 Å². The predicted molar refractivity (Wildman–Crippen MR) is 40.8 cm³/mol. The van der Waals surface area contributed by atoms with E-state index in [-0.39, 0.29) is 0 Å². The minimum absolute atomic E-state index is 0.952. The highest BCUT2D eigenvalue weighted by Crippen LogP contribution is 1.94. The van der Waals surface area contributed by atoms with Crippen LogP contribution in [0.5, 0.6) is 0 Å². The quantitative estimate of drug-likeness (QED) is 0.646. The molecular weight excluding hydrogens is 180 g/mol. The fourth-order valence-corrected chi connectivity index (χ4v) is 1.04. The first-order chi connectivity index (χ1) is 4.33. The summed E-state index contributed by atoms with van der Waals surface area (Å²) in [4.78, 5) is 0. The first-order valence-corrected chi connectivity index (χ1v) is 4.00. The molecule has 0 unspecified atom stereocenters. The molecule has 0 aliphatic rings. The first-order valence-electron chi connectivity index (χ1n) is 2.88. The van der Waals surface area contributed by atoms with Gasteiger partial charge in [-0.05, 0) is 12.5 Å². The number of nitrogens with zero attached hydrogens (tertiary/aromatic N) is 2. The summed E-state index contributed by atoms with van der Waals surface area (Å²) in [7, 11) is 0. The minimum atomic E-state index is 0.952. The van der Waals surface area contributed by atoms with Crippen LogP contribution in [0.25, 0.3) is 0 Å². The van der Waals surface area contributed by atoms with E-state index in [1.54, 1.807) is 0 Å². The summed E-state index contributed by atoms with van der Waals surface area (Å²) in [6, 6.07) is 0. The van der Waals surface area contributed by atoms with Crippen molar-refractivity contribution in [3.05, 3.63) is 18.0 Å². The van der Waals surface area contributed by atoms with Crippen molar-refractivity contribution < 1.29 is 0 Å². The van der Waals surface area contributed by atoms with Gasteiger partial charge in [0.2, 0.25) is 0 Å². The SMILES string of the molecule is Cc1cnn(CCBr)c1. The number of hydrogen-bond acceptors (Lipinski definition) is 1. The van der Waals surface area contributed by atoms with E-state index in [2.05, 4.69) is 21.0 Å². The van der Waals surface area contributed by atoms with Gasteiger partial charge in [-0.1, -0.05) is 15.9 Å². The molecule has 0 saturated carbocycles. The molecule has 0 atom stereocenters. The van der Waals surface area contributed by atoms with Crippen LogP contribution >= 0.6 is 15.9 Å². The lowest BCUT2D eigenvalue weighted by atomic mass is 10.4. The summed E-state index contributed by atoms with van der Waals surface area (Å²) in [5.74, 6) is 0. The number of hydrogen-bond donors (Lipinski definition) is 0. The van der Waals surface area contributed by atoms with Crippen molar-refractivity contribution in [3.63, 3.8) is 0 Å². The maximum Gasteiger partial charge on any atom is 0.0518 e. The summed E-state index contributed by atoms with van der Waals surface area (Å²) < 4.78 is 1.92. The lowest BCUT2D eigenvalue weighted by Crippen LogP contribution is -1.97. The van der Waals surface area contributed by atoms with Crippen LogP contribution in [0.2, 0.25) is 0 Å². The molecule has 0 radical (unpaired) electrons. The van der Waals surface area contributed by atoms with E-state index in [9.17, 15) is 0 Å². The first kappa shape index (κ1) is 6.81. The second kappa shape index (κ2) is 3.01. The van der Waals surface area contributed by atoms with E-state index in [0.29, 0.717) is 0 Å². The van der Waals surface area contributed by atoms with Gasteiger partial charge in [0.1, 0.15) is 0 Å². The minimum Gasteiger partial charge on any atom is -0.272 e. The zero-order valence-corrected chi connectivity index (χ0v) is 6.93. The van der Waals surface area contributed by atoms with Crippen molar-refractivity contribution >= 4 is 15.9 Å². The normalized spacial score (nSPS) is 10.0. The molecule has 1 aromatic heterocycles. The molecule has 3 heteroatoms. The molecule has 0 aromatic carbocycles. The molecule has 0 aliphatic carbocycles. The zero-order valence-electron chi connectivity index (χ0n) is 5.34. The van der Waals surface area contributed by atoms with Gasteiger partial charge in [0.25, 0.3) is 0 Å². The van der Waals surface area contributed by atoms with Gasteiger partial charge in [-0.2, -0.15) is 5.10 Å². The van der Waals surface area contributed by atoms with Crippen LogP contribution in [-0.2, 0) is 6.54 Å². The van der Waals surface area contributed by atoms with Crippen LogP contribution in [0.3, 0.4) is 0 Å². The number of aromatic nitrogens is 2. The molecular formula is C6H9BrN2. The molecule has 50 valence electrons. The van der Waals surface area contributed by atoms with Crippen molar-refractivity contribution in [1.82, 2.24) is 9.78 Å². The van der Waals surface area contributed by atoms with Crippen LogP contribution in [0.4, 0.5) is 0 Å². The second-order valence-electron chi connectivity index (χ2n) is 1.97. The average Bonchev–Trinajstić information content (AvgIpc) is 2.17. The Kier molecular flexibility index (Phi) is 2.28. The van der Waals surface area contributed by atoms with Gasteiger partial charge >= 0.3 is 0 Å². The maximum absolute atomic E-state index is 4.09. The van der Waals surface area contributed by atoms with Crippen molar-refractivity contribution in [2.45, 2.75) is 13.5 Å². The van der Waals surface area contributed by atoms with Gasteiger partial charge in [0, 0.05) is 11.5 Å². The predicted octanol–water partition coefficient (Wildman–Crippen LogP) is 1.59. The molecule has 0 spiro atoms. The summed E-state index contributed by atoms with van der Waals surface area (Å²) in [5, 5.41) is 5.06. The lowest BCUT2D eigenvalue weighted by molar-refractivity contribution is 0.669. The van der Waals surface area contributed by atoms with E-state index >= 15 is 0 Å². The van der Waals surface area contributed by atoms with Crippen LogP contribution in [-0.4, -0.2) is 15.1 Å². The highest BCUT2D eigenvalue weighted by Gasteiger charge is 1.89. The summed E-state index contributed by atoms with van der Waals surface area (Å²) in [6.45, 7) is 2.99. The second-order valence-corrected chi connectivity index (χ2v) is 2.76. The van der Waals surface area contributed by atoms with Gasteiger partial charge in [0.05, 0.1) is 12.7 Å². The molecule has 1 rings (SSSR count). The third-order valence-electron chi connectivity index (χ3n) is 1.08. The maximum atomic E-state index is 4.09. The van der Waals surface area contributed by atoms with Crippen molar-refractivity contribution in [2.24, 2.45) is 0 Å². The van der Waals surface area contributed by atoms with Gasteiger partial charge in [-0.3, -0.25) is 4.68 Å². The Morgan fingerprint density at radius 1 is 1.78 bits per heavy atom. The van der Waals surface area contributed by atoms with E-state index in [4.69, 9.17) is 0 Å². The summed E-state index contributed by atoms with van der Waals surface area (Å²) >= 11 is 3.33. The molecule has 9 heavy (non-hydrogen) atoms. The molecule has 0 aliphatic heterocycles. The topological polar surface area (TPSA) is 17.8 Å². The Labute approximate surface area is 63.0 Å². The van der Waals surface area contributed by atoms with E-state index in [0.717, 1.165) is 11.9 Å². The molecule has 1 heterocycles. The Bertz CT molecular complexity index is 183. The average molecular weight is 189 g/mol. The van der Waals surface area contributed by atoms with Gasteiger partial charge in [-0.25, -0.2) is 0 Å². The molecule has 0 saturated heterocycles. The van der Waals surface area contributed by atoms with Gasteiger partial charge < -0.3 is 0 Å². The van der Waals surface area contributed by atoms with E-state index in [1.807, 2.05) is 24.0 Å².